The molecule has 102 valence electrons. The Labute approximate surface area is 117 Å². The third-order valence-electron chi connectivity index (χ3n) is 3.12. The van der Waals surface area contributed by atoms with Crippen LogP contribution in [-0.2, 0) is 6.54 Å². The van der Waals surface area contributed by atoms with Gasteiger partial charge >= 0.3 is 0 Å². The predicted molar refractivity (Wildman–Crippen MR) is 81.0 cm³/mol. The number of anilines is 1. The van der Waals surface area contributed by atoms with Crippen molar-refractivity contribution in [2.45, 2.75) is 33.2 Å². The predicted octanol–water partition coefficient (Wildman–Crippen LogP) is 3.12. The quantitative estimate of drug-likeness (QED) is 0.913. The van der Waals surface area contributed by atoms with Gasteiger partial charge in [-0.3, -0.25) is 4.79 Å². The van der Waals surface area contributed by atoms with Crippen LogP contribution in [0.25, 0.3) is 11.3 Å². The Hall–Kier alpha value is -1.62. The minimum atomic E-state index is 0.0569. The first kappa shape index (κ1) is 13.8. The number of unbranched alkanes of at least 4 members (excludes halogenated alkanes) is 1. The molecule has 0 bridgehead atoms. The van der Waals surface area contributed by atoms with Gasteiger partial charge < -0.3 is 9.88 Å². The third-order valence-corrected chi connectivity index (χ3v) is 3.98. The first-order valence-electron chi connectivity index (χ1n) is 6.51. The highest BCUT2D eigenvalue weighted by atomic mass is 32.1. The van der Waals surface area contributed by atoms with Crippen LogP contribution in [0.4, 0.5) is 5.13 Å². The number of pyridine rings is 1. The van der Waals surface area contributed by atoms with Crippen LogP contribution in [0.1, 0.15) is 25.5 Å². The van der Waals surface area contributed by atoms with Gasteiger partial charge in [0.1, 0.15) is 0 Å². The van der Waals surface area contributed by atoms with Crippen molar-refractivity contribution in [1.29, 1.82) is 0 Å². The highest BCUT2D eigenvalue weighted by Crippen LogP contribution is 2.22. The Morgan fingerprint density at radius 2 is 2.21 bits per heavy atom. The van der Waals surface area contributed by atoms with Gasteiger partial charge in [-0.1, -0.05) is 13.3 Å². The van der Waals surface area contributed by atoms with Gasteiger partial charge in [0.25, 0.3) is 5.56 Å². The normalized spacial score (nSPS) is 10.7. The Bertz CT molecular complexity index is 615. The lowest BCUT2D eigenvalue weighted by molar-refractivity contribution is 0.600. The van der Waals surface area contributed by atoms with Crippen molar-refractivity contribution >= 4 is 16.5 Å². The largest absolute Gasteiger partial charge is 0.365 e. The molecule has 2 aromatic rings. The van der Waals surface area contributed by atoms with Crippen molar-refractivity contribution in [2.24, 2.45) is 0 Å². The second-order valence-electron chi connectivity index (χ2n) is 4.49. The van der Waals surface area contributed by atoms with Gasteiger partial charge in [-0.2, -0.15) is 0 Å². The van der Waals surface area contributed by atoms with Crippen molar-refractivity contribution in [1.82, 2.24) is 9.55 Å². The van der Waals surface area contributed by atoms with Gasteiger partial charge in [-0.15, -0.1) is 11.3 Å². The SMILES string of the molecule is CCCCn1c(C)ccc(-c2csc(NC)n2)c1=O. The Morgan fingerprint density at radius 1 is 1.42 bits per heavy atom. The van der Waals surface area contributed by atoms with Crippen molar-refractivity contribution in [2.75, 3.05) is 12.4 Å². The number of rotatable bonds is 5. The molecule has 0 aliphatic carbocycles. The fraction of sp³-hybridized carbons (Fsp3) is 0.429. The molecule has 2 aromatic heterocycles. The van der Waals surface area contributed by atoms with E-state index in [2.05, 4.69) is 17.2 Å². The lowest BCUT2D eigenvalue weighted by Crippen LogP contribution is -2.23. The molecule has 0 radical (unpaired) electrons. The number of hydrogen-bond donors (Lipinski definition) is 1. The zero-order chi connectivity index (χ0) is 13.8. The molecule has 0 saturated heterocycles. The number of aryl methyl sites for hydroxylation is 1. The summed E-state index contributed by atoms with van der Waals surface area (Å²) in [5.74, 6) is 0. The molecule has 4 nitrogen and oxygen atoms in total. The minimum absolute atomic E-state index is 0.0569. The van der Waals surface area contributed by atoms with Crippen molar-refractivity contribution in [3.05, 3.63) is 33.6 Å². The summed E-state index contributed by atoms with van der Waals surface area (Å²) in [6.45, 7) is 4.88. The third kappa shape index (κ3) is 2.87. The summed E-state index contributed by atoms with van der Waals surface area (Å²) in [7, 11) is 1.83. The molecule has 0 aromatic carbocycles. The molecule has 0 spiro atoms. The van der Waals surface area contributed by atoms with Gasteiger partial charge in [0, 0.05) is 24.7 Å². The second-order valence-corrected chi connectivity index (χ2v) is 5.34. The molecule has 0 fully saturated rings. The maximum Gasteiger partial charge on any atom is 0.260 e. The average Bonchev–Trinajstić information content (AvgIpc) is 2.87. The molecule has 0 unspecified atom stereocenters. The van der Waals surface area contributed by atoms with Crippen LogP contribution >= 0.6 is 11.3 Å². The van der Waals surface area contributed by atoms with Crippen molar-refractivity contribution in [3.63, 3.8) is 0 Å². The fourth-order valence-corrected chi connectivity index (χ4v) is 2.64. The first-order chi connectivity index (χ1) is 9.17. The van der Waals surface area contributed by atoms with E-state index in [-0.39, 0.29) is 5.56 Å². The molecule has 19 heavy (non-hydrogen) atoms. The van der Waals surface area contributed by atoms with Crippen LogP contribution in [0.15, 0.2) is 22.3 Å². The zero-order valence-electron chi connectivity index (χ0n) is 11.6. The molecular weight excluding hydrogens is 258 g/mol. The van der Waals surface area contributed by atoms with Gasteiger partial charge in [0.15, 0.2) is 5.13 Å². The monoisotopic (exact) mass is 277 g/mol. The summed E-state index contributed by atoms with van der Waals surface area (Å²) in [5, 5.41) is 5.74. The van der Waals surface area contributed by atoms with Gasteiger partial charge in [0.05, 0.1) is 11.3 Å². The van der Waals surface area contributed by atoms with Crippen molar-refractivity contribution < 1.29 is 0 Å². The van der Waals surface area contributed by atoms with Crippen LogP contribution in [0.3, 0.4) is 0 Å². The first-order valence-corrected chi connectivity index (χ1v) is 7.39. The lowest BCUT2D eigenvalue weighted by Gasteiger charge is -2.10. The fourth-order valence-electron chi connectivity index (χ4n) is 1.97. The van der Waals surface area contributed by atoms with E-state index in [1.165, 1.54) is 11.3 Å². The molecule has 5 heteroatoms. The van der Waals surface area contributed by atoms with E-state index in [0.29, 0.717) is 5.56 Å². The summed E-state index contributed by atoms with van der Waals surface area (Å²) in [4.78, 5) is 16.9. The maximum absolute atomic E-state index is 12.5. The van der Waals surface area contributed by atoms with E-state index in [1.54, 1.807) is 0 Å². The van der Waals surface area contributed by atoms with Gasteiger partial charge in [-0.25, -0.2) is 4.98 Å². The molecular formula is C14H19N3OS. The van der Waals surface area contributed by atoms with Crippen LogP contribution < -0.4 is 10.9 Å². The number of nitrogens with zero attached hydrogens (tertiary/aromatic N) is 2. The molecule has 0 aliphatic heterocycles. The molecule has 1 N–H and O–H groups in total. The van der Waals surface area contributed by atoms with E-state index in [4.69, 9.17) is 0 Å². The standard InChI is InChI=1S/C14H19N3OS/c1-4-5-8-17-10(2)6-7-11(13(17)18)12-9-19-14(15-3)16-12/h6-7,9H,4-5,8H2,1-3H3,(H,15,16). The van der Waals surface area contributed by atoms with E-state index < -0.39 is 0 Å². The molecule has 0 atom stereocenters. The van der Waals surface area contributed by atoms with Crippen LogP contribution in [0.2, 0.25) is 0 Å². The Balaban J connectivity index is 2.44. The van der Waals surface area contributed by atoms with Gasteiger partial charge in [0.2, 0.25) is 0 Å². The molecule has 2 rings (SSSR count). The number of aromatic nitrogens is 2. The van der Waals surface area contributed by atoms with Crippen LogP contribution in [0.5, 0.6) is 0 Å². The van der Waals surface area contributed by atoms with E-state index in [1.807, 2.05) is 36.1 Å². The lowest BCUT2D eigenvalue weighted by atomic mass is 10.2. The molecule has 0 amide bonds. The maximum atomic E-state index is 12.5. The van der Waals surface area contributed by atoms with Crippen LogP contribution in [0, 0.1) is 6.92 Å². The molecule has 2 heterocycles. The van der Waals surface area contributed by atoms with Crippen molar-refractivity contribution in [3.8, 4) is 11.3 Å². The summed E-state index contributed by atoms with van der Waals surface area (Å²) in [6, 6.07) is 3.86. The number of hydrogen-bond acceptors (Lipinski definition) is 4. The highest BCUT2D eigenvalue weighted by Gasteiger charge is 2.11. The summed E-state index contributed by atoms with van der Waals surface area (Å²) in [5.41, 5.74) is 2.50. The van der Waals surface area contributed by atoms with E-state index >= 15 is 0 Å². The van der Waals surface area contributed by atoms with Crippen LogP contribution in [-0.4, -0.2) is 16.6 Å². The molecule has 0 aliphatic rings. The highest BCUT2D eigenvalue weighted by molar-refractivity contribution is 7.14. The average molecular weight is 277 g/mol. The minimum Gasteiger partial charge on any atom is -0.365 e. The number of nitrogens with one attached hydrogen (secondary N) is 1. The summed E-state index contributed by atoms with van der Waals surface area (Å²) in [6.07, 6.45) is 2.10. The second kappa shape index (κ2) is 6.02. The van der Waals surface area contributed by atoms with E-state index in [0.717, 1.165) is 35.9 Å². The number of thiazole rings is 1. The summed E-state index contributed by atoms with van der Waals surface area (Å²) < 4.78 is 1.84. The Kier molecular flexibility index (Phi) is 4.37. The van der Waals surface area contributed by atoms with E-state index in [9.17, 15) is 4.79 Å². The summed E-state index contributed by atoms with van der Waals surface area (Å²) >= 11 is 1.51. The Morgan fingerprint density at radius 3 is 2.84 bits per heavy atom. The zero-order valence-corrected chi connectivity index (χ0v) is 12.4. The topological polar surface area (TPSA) is 46.9 Å². The molecule has 0 saturated carbocycles. The smallest absolute Gasteiger partial charge is 0.260 e. The van der Waals surface area contributed by atoms with Gasteiger partial charge in [-0.05, 0) is 25.5 Å².